The van der Waals surface area contributed by atoms with Crippen molar-refractivity contribution in [2.75, 3.05) is 6.54 Å². The molecule has 0 bridgehead atoms. The minimum atomic E-state index is -1.31. The van der Waals surface area contributed by atoms with Crippen LogP contribution in [0, 0.1) is 5.41 Å². The molecular weight excluding hydrogens is 226 g/mol. The first-order valence-corrected chi connectivity index (χ1v) is 5.85. The van der Waals surface area contributed by atoms with Gasteiger partial charge in [0.05, 0.1) is 10.4 Å². The zero-order chi connectivity index (χ0) is 12.6. The Morgan fingerprint density at radius 3 is 2.44 bits per heavy atom. The smallest absolute Gasteiger partial charge is 0.336 e. The maximum Gasteiger partial charge on any atom is 0.336 e. The third kappa shape index (κ3) is 1.98. The highest BCUT2D eigenvalue weighted by molar-refractivity contribution is 7.10. The molecule has 0 saturated heterocycles. The SMILES string of the molecule is CC(C)(C)C(O)(CN)c1sccc1C(=O)O. The molecule has 0 radical (unpaired) electrons. The van der Waals surface area contributed by atoms with Gasteiger partial charge in [-0.2, -0.15) is 0 Å². The first-order valence-electron chi connectivity index (χ1n) is 4.97. The Morgan fingerprint density at radius 1 is 1.50 bits per heavy atom. The summed E-state index contributed by atoms with van der Waals surface area (Å²) in [5, 5.41) is 21.3. The molecule has 1 atom stereocenters. The van der Waals surface area contributed by atoms with Crippen LogP contribution in [0.4, 0.5) is 0 Å². The number of hydrogen-bond acceptors (Lipinski definition) is 4. The Labute approximate surface area is 98.7 Å². The highest BCUT2D eigenvalue weighted by atomic mass is 32.1. The highest BCUT2D eigenvalue weighted by Gasteiger charge is 2.43. The van der Waals surface area contributed by atoms with Gasteiger partial charge in [-0.25, -0.2) is 4.79 Å². The van der Waals surface area contributed by atoms with Crippen LogP contribution in [0.25, 0.3) is 0 Å². The van der Waals surface area contributed by atoms with E-state index in [4.69, 9.17) is 10.8 Å². The molecule has 0 amide bonds. The molecule has 1 aromatic heterocycles. The fourth-order valence-corrected chi connectivity index (χ4v) is 2.74. The van der Waals surface area contributed by atoms with Crippen molar-refractivity contribution in [3.8, 4) is 0 Å². The van der Waals surface area contributed by atoms with Gasteiger partial charge >= 0.3 is 5.97 Å². The van der Waals surface area contributed by atoms with Crippen LogP contribution in [0.15, 0.2) is 11.4 Å². The van der Waals surface area contributed by atoms with Gasteiger partial charge in [0.1, 0.15) is 5.60 Å². The monoisotopic (exact) mass is 243 g/mol. The van der Waals surface area contributed by atoms with Crippen molar-refractivity contribution in [3.63, 3.8) is 0 Å². The van der Waals surface area contributed by atoms with E-state index in [0.717, 1.165) is 0 Å². The van der Waals surface area contributed by atoms with Crippen LogP contribution in [0.3, 0.4) is 0 Å². The summed E-state index contributed by atoms with van der Waals surface area (Å²) in [5.41, 5.74) is 3.92. The molecule has 0 aliphatic rings. The number of aliphatic hydroxyl groups is 1. The Balaban J connectivity index is 3.34. The molecule has 0 aliphatic carbocycles. The molecule has 1 heterocycles. The van der Waals surface area contributed by atoms with Gasteiger partial charge in [-0.3, -0.25) is 0 Å². The molecule has 0 aromatic carbocycles. The van der Waals surface area contributed by atoms with E-state index in [-0.39, 0.29) is 12.1 Å². The second-order valence-electron chi connectivity index (χ2n) is 4.78. The van der Waals surface area contributed by atoms with Gasteiger partial charge in [-0.1, -0.05) is 20.8 Å². The maximum absolute atomic E-state index is 11.0. The van der Waals surface area contributed by atoms with E-state index in [9.17, 15) is 9.90 Å². The molecule has 0 aliphatic heterocycles. The minimum absolute atomic E-state index is 0.00269. The quantitative estimate of drug-likeness (QED) is 0.753. The number of thiophene rings is 1. The van der Waals surface area contributed by atoms with Gasteiger partial charge in [0.25, 0.3) is 0 Å². The van der Waals surface area contributed by atoms with Gasteiger partial charge in [0, 0.05) is 6.54 Å². The first-order chi connectivity index (χ1) is 7.24. The van der Waals surface area contributed by atoms with E-state index < -0.39 is 17.0 Å². The van der Waals surface area contributed by atoms with Crippen LogP contribution < -0.4 is 5.73 Å². The van der Waals surface area contributed by atoms with Crippen molar-refractivity contribution in [2.45, 2.75) is 26.4 Å². The maximum atomic E-state index is 11.0. The molecule has 5 heteroatoms. The van der Waals surface area contributed by atoms with Gasteiger partial charge < -0.3 is 15.9 Å². The van der Waals surface area contributed by atoms with Crippen molar-refractivity contribution in [1.29, 1.82) is 0 Å². The Hall–Kier alpha value is -0.910. The van der Waals surface area contributed by atoms with E-state index in [1.807, 2.05) is 20.8 Å². The van der Waals surface area contributed by atoms with Gasteiger partial charge in [0.2, 0.25) is 0 Å². The average molecular weight is 243 g/mol. The van der Waals surface area contributed by atoms with Crippen molar-refractivity contribution in [2.24, 2.45) is 11.1 Å². The summed E-state index contributed by atoms with van der Waals surface area (Å²) in [5.74, 6) is -1.03. The second kappa shape index (κ2) is 4.16. The number of carbonyl (C=O) groups is 1. The summed E-state index contributed by atoms with van der Waals surface area (Å²) >= 11 is 1.23. The third-order valence-electron chi connectivity index (χ3n) is 2.81. The van der Waals surface area contributed by atoms with Crippen molar-refractivity contribution in [1.82, 2.24) is 0 Å². The fraction of sp³-hybridized carbons (Fsp3) is 0.545. The van der Waals surface area contributed by atoms with Crippen LogP contribution in [-0.2, 0) is 5.60 Å². The number of hydrogen-bond donors (Lipinski definition) is 3. The lowest BCUT2D eigenvalue weighted by Gasteiger charge is -2.39. The minimum Gasteiger partial charge on any atom is -0.478 e. The fourth-order valence-electron chi connectivity index (χ4n) is 1.54. The molecule has 0 spiro atoms. The lowest BCUT2D eigenvalue weighted by molar-refractivity contribution is -0.0532. The molecule has 4 N–H and O–H groups in total. The molecule has 4 nitrogen and oxygen atoms in total. The standard InChI is InChI=1S/C11H17NO3S/c1-10(2,3)11(15,6-12)8-7(9(13)14)4-5-16-8/h4-5,15H,6,12H2,1-3H3,(H,13,14). The molecule has 1 aromatic rings. The van der Waals surface area contributed by atoms with E-state index in [2.05, 4.69) is 0 Å². The lowest BCUT2D eigenvalue weighted by atomic mass is 9.74. The zero-order valence-electron chi connectivity index (χ0n) is 9.65. The predicted molar refractivity (Wildman–Crippen MR) is 63.7 cm³/mol. The Kier molecular flexibility index (Phi) is 3.42. The number of carboxylic acid groups (broad SMARTS) is 1. The summed E-state index contributed by atoms with van der Waals surface area (Å²) in [6.07, 6.45) is 0. The zero-order valence-corrected chi connectivity index (χ0v) is 10.5. The number of rotatable bonds is 3. The van der Waals surface area contributed by atoms with Gasteiger partial charge in [-0.05, 0) is 16.9 Å². The predicted octanol–water partition coefficient (Wildman–Crippen LogP) is 1.64. The lowest BCUT2D eigenvalue weighted by Crippen LogP contribution is -2.46. The second-order valence-corrected chi connectivity index (χ2v) is 5.70. The van der Waals surface area contributed by atoms with Crippen molar-refractivity contribution < 1.29 is 15.0 Å². The van der Waals surface area contributed by atoms with Gasteiger partial charge in [-0.15, -0.1) is 11.3 Å². The van der Waals surface area contributed by atoms with Crippen LogP contribution in [0.2, 0.25) is 0 Å². The summed E-state index contributed by atoms with van der Waals surface area (Å²) < 4.78 is 0. The number of carboxylic acids is 1. The van der Waals surface area contributed by atoms with Crippen LogP contribution >= 0.6 is 11.3 Å². The normalized spacial score (nSPS) is 15.8. The molecule has 1 unspecified atom stereocenters. The summed E-state index contributed by atoms with van der Waals surface area (Å²) in [7, 11) is 0. The number of nitrogens with two attached hydrogens (primary N) is 1. The molecule has 0 fully saturated rings. The largest absolute Gasteiger partial charge is 0.478 e. The van der Waals surface area contributed by atoms with Crippen LogP contribution in [0.5, 0.6) is 0 Å². The van der Waals surface area contributed by atoms with E-state index in [0.29, 0.717) is 4.88 Å². The molecule has 1 rings (SSSR count). The van der Waals surface area contributed by atoms with Crippen LogP contribution in [-0.4, -0.2) is 22.7 Å². The van der Waals surface area contributed by atoms with Gasteiger partial charge in [0.15, 0.2) is 0 Å². The topological polar surface area (TPSA) is 83.5 Å². The molecule has 16 heavy (non-hydrogen) atoms. The molecular formula is C11H17NO3S. The van der Waals surface area contributed by atoms with Crippen molar-refractivity contribution >= 4 is 17.3 Å². The molecule has 90 valence electrons. The summed E-state index contributed by atoms with van der Waals surface area (Å²) in [6.45, 7) is 5.51. The summed E-state index contributed by atoms with van der Waals surface area (Å²) in [4.78, 5) is 11.5. The Bertz CT molecular complexity index is 394. The van der Waals surface area contributed by atoms with E-state index in [1.54, 1.807) is 5.38 Å². The third-order valence-corrected chi connectivity index (χ3v) is 3.87. The first kappa shape index (κ1) is 13.2. The number of aromatic carboxylic acids is 1. The van der Waals surface area contributed by atoms with E-state index in [1.165, 1.54) is 17.4 Å². The van der Waals surface area contributed by atoms with E-state index >= 15 is 0 Å². The molecule has 0 saturated carbocycles. The average Bonchev–Trinajstić information content (AvgIpc) is 2.63. The van der Waals surface area contributed by atoms with Crippen LogP contribution in [0.1, 0.15) is 36.0 Å². The summed E-state index contributed by atoms with van der Waals surface area (Å²) in [6, 6.07) is 1.49. The van der Waals surface area contributed by atoms with Crippen molar-refractivity contribution in [3.05, 3.63) is 21.9 Å². The Morgan fingerprint density at radius 2 is 2.06 bits per heavy atom. The highest BCUT2D eigenvalue weighted by Crippen LogP contribution is 2.42.